The van der Waals surface area contributed by atoms with Gasteiger partial charge in [0.25, 0.3) is 0 Å². The fraction of sp³-hybridized carbons (Fsp3) is 0.125. The molecule has 0 saturated carbocycles. The van der Waals surface area contributed by atoms with Crippen molar-refractivity contribution in [3.05, 3.63) is 29.1 Å². The predicted molar refractivity (Wildman–Crippen MR) is 51.7 cm³/mol. The van der Waals surface area contributed by atoms with Crippen molar-refractivity contribution in [3.8, 4) is 0 Å². The Balaban J connectivity index is 2.97. The lowest BCUT2D eigenvalue weighted by atomic mass is 10.3. The van der Waals surface area contributed by atoms with E-state index < -0.39 is 0 Å². The van der Waals surface area contributed by atoms with Crippen LogP contribution in [0.4, 0.5) is 5.69 Å². The minimum atomic E-state index is 0.431. The molecule has 3 nitrogen and oxygen atoms in total. The van der Waals surface area contributed by atoms with Crippen LogP contribution in [0.25, 0.3) is 6.08 Å². The number of rotatable bonds is 2. The van der Waals surface area contributed by atoms with E-state index in [1.54, 1.807) is 24.3 Å². The fourth-order valence-electron chi connectivity index (χ4n) is 0.774. The summed E-state index contributed by atoms with van der Waals surface area (Å²) in [5.74, 6) is 0. The Kier molecular flexibility index (Phi) is 3.08. The Morgan fingerprint density at radius 3 is 2.92 bits per heavy atom. The van der Waals surface area contributed by atoms with Gasteiger partial charge in [-0.05, 0) is 18.2 Å². The number of hydrogen-bond donors (Lipinski definition) is 2. The number of anilines is 1. The first kappa shape index (κ1) is 9.03. The molecule has 4 heteroatoms. The van der Waals surface area contributed by atoms with Crippen LogP contribution >= 0.6 is 11.6 Å². The van der Waals surface area contributed by atoms with Crippen LogP contribution in [-0.4, -0.2) is 11.5 Å². The molecule has 64 valence electrons. The summed E-state index contributed by atoms with van der Waals surface area (Å²) in [6.45, 7) is 0.466. The van der Waals surface area contributed by atoms with E-state index in [0.29, 0.717) is 23.1 Å². The third-order valence-electron chi connectivity index (χ3n) is 1.34. The molecule has 0 fully saturated rings. The molecule has 0 bridgehead atoms. The molecule has 0 aliphatic rings. The smallest absolute Gasteiger partial charge is 0.129 e. The number of nitrogens with zero attached hydrogens (tertiary/aromatic N) is 1. The summed E-state index contributed by atoms with van der Waals surface area (Å²) in [5.41, 5.74) is 12.2. The fourth-order valence-corrected chi connectivity index (χ4v) is 0.928. The molecule has 12 heavy (non-hydrogen) atoms. The highest BCUT2D eigenvalue weighted by molar-refractivity contribution is 6.29. The Bertz CT molecular complexity index is 296. The summed E-state index contributed by atoms with van der Waals surface area (Å²) in [7, 11) is 0. The molecular weight excluding hydrogens is 174 g/mol. The third kappa shape index (κ3) is 2.22. The number of aromatic nitrogens is 1. The Labute approximate surface area is 76.0 Å². The SMILES string of the molecule is NCC=Cc1nc(Cl)ccc1N. The van der Waals surface area contributed by atoms with Crippen molar-refractivity contribution in [1.82, 2.24) is 4.98 Å². The quantitative estimate of drug-likeness (QED) is 0.680. The first-order chi connectivity index (χ1) is 5.74. The van der Waals surface area contributed by atoms with Gasteiger partial charge in [-0.1, -0.05) is 17.7 Å². The number of nitrogens with two attached hydrogens (primary N) is 2. The summed E-state index contributed by atoms with van der Waals surface area (Å²) in [4.78, 5) is 4.01. The van der Waals surface area contributed by atoms with E-state index in [4.69, 9.17) is 23.1 Å². The van der Waals surface area contributed by atoms with Crippen molar-refractivity contribution in [2.24, 2.45) is 5.73 Å². The summed E-state index contributed by atoms with van der Waals surface area (Å²) in [6, 6.07) is 3.36. The van der Waals surface area contributed by atoms with Crippen LogP contribution in [0.5, 0.6) is 0 Å². The van der Waals surface area contributed by atoms with Gasteiger partial charge in [0.15, 0.2) is 0 Å². The van der Waals surface area contributed by atoms with Crippen LogP contribution in [0.15, 0.2) is 18.2 Å². The zero-order chi connectivity index (χ0) is 8.97. The van der Waals surface area contributed by atoms with Gasteiger partial charge in [-0.15, -0.1) is 0 Å². The van der Waals surface area contributed by atoms with Crippen molar-refractivity contribution in [2.75, 3.05) is 12.3 Å². The molecule has 0 aliphatic heterocycles. The molecule has 0 atom stereocenters. The van der Waals surface area contributed by atoms with Crippen molar-refractivity contribution in [3.63, 3.8) is 0 Å². The van der Waals surface area contributed by atoms with Crippen LogP contribution in [0.2, 0.25) is 5.15 Å². The van der Waals surface area contributed by atoms with Gasteiger partial charge in [-0.3, -0.25) is 0 Å². The molecule has 0 spiro atoms. The summed E-state index contributed by atoms with van der Waals surface area (Å²) in [6.07, 6.45) is 3.52. The molecule has 4 N–H and O–H groups in total. The maximum Gasteiger partial charge on any atom is 0.129 e. The zero-order valence-corrected chi connectivity index (χ0v) is 7.25. The van der Waals surface area contributed by atoms with E-state index in [0.717, 1.165) is 0 Å². The van der Waals surface area contributed by atoms with Crippen molar-refractivity contribution in [2.45, 2.75) is 0 Å². The van der Waals surface area contributed by atoms with Crippen LogP contribution < -0.4 is 11.5 Å². The monoisotopic (exact) mass is 183 g/mol. The molecule has 0 unspecified atom stereocenters. The highest BCUT2D eigenvalue weighted by atomic mass is 35.5. The molecule has 1 rings (SSSR count). The topological polar surface area (TPSA) is 64.9 Å². The van der Waals surface area contributed by atoms with E-state index in [2.05, 4.69) is 4.98 Å². The molecule has 1 aromatic heterocycles. The highest BCUT2D eigenvalue weighted by Crippen LogP contribution is 2.14. The van der Waals surface area contributed by atoms with Crippen molar-refractivity contribution >= 4 is 23.4 Å². The second-order valence-electron chi connectivity index (χ2n) is 2.25. The highest BCUT2D eigenvalue weighted by Gasteiger charge is 1.96. The van der Waals surface area contributed by atoms with Gasteiger partial charge >= 0.3 is 0 Å². The van der Waals surface area contributed by atoms with E-state index >= 15 is 0 Å². The van der Waals surface area contributed by atoms with Crippen molar-refractivity contribution in [1.29, 1.82) is 0 Å². The molecule has 0 radical (unpaired) electrons. The zero-order valence-electron chi connectivity index (χ0n) is 6.50. The maximum atomic E-state index is 5.66. The first-order valence-electron chi connectivity index (χ1n) is 3.52. The molecule has 1 heterocycles. The number of halogens is 1. The van der Waals surface area contributed by atoms with E-state index in [1.807, 2.05) is 0 Å². The Morgan fingerprint density at radius 2 is 2.25 bits per heavy atom. The molecule has 0 amide bonds. The van der Waals surface area contributed by atoms with Gasteiger partial charge in [-0.2, -0.15) is 0 Å². The molecule has 0 aromatic carbocycles. The van der Waals surface area contributed by atoms with Gasteiger partial charge in [0.2, 0.25) is 0 Å². The summed E-state index contributed by atoms with van der Waals surface area (Å²) >= 11 is 5.66. The van der Waals surface area contributed by atoms with Gasteiger partial charge in [0.05, 0.1) is 11.4 Å². The normalized spacial score (nSPS) is 10.8. The minimum absolute atomic E-state index is 0.431. The molecule has 0 saturated heterocycles. The van der Waals surface area contributed by atoms with E-state index in [-0.39, 0.29) is 0 Å². The molecule has 0 aliphatic carbocycles. The Hall–Kier alpha value is -1.06. The van der Waals surface area contributed by atoms with Gasteiger partial charge < -0.3 is 11.5 Å². The number of nitrogen functional groups attached to an aromatic ring is 1. The maximum absolute atomic E-state index is 5.66. The number of pyridine rings is 1. The average Bonchev–Trinajstić information content (AvgIpc) is 2.07. The van der Waals surface area contributed by atoms with Crippen LogP contribution in [0.1, 0.15) is 5.69 Å². The molecule has 1 aromatic rings. The third-order valence-corrected chi connectivity index (χ3v) is 1.55. The largest absolute Gasteiger partial charge is 0.397 e. The second-order valence-corrected chi connectivity index (χ2v) is 2.63. The lowest BCUT2D eigenvalue weighted by Gasteiger charge is -1.98. The summed E-state index contributed by atoms with van der Waals surface area (Å²) in [5, 5.41) is 0.431. The van der Waals surface area contributed by atoms with Gasteiger partial charge in [0, 0.05) is 6.54 Å². The van der Waals surface area contributed by atoms with Crippen molar-refractivity contribution < 1.29 is 0 Å². The second kappa shape index (κ2) is 4.09. The van der Waals surface area contributed by atoms with Crippen LogP contribution in [-0.2, 0) is 0 Å². The van der Waals surface area contributed by atoms with Crippen LogP contribution in [0, 0.1) is 0 Å². The predicted octanol–water partition coefficient (Wildman–Crippen LogP) is 1.29. The summed E-state index contributed by atoms with van der Waals surface area (Å²) < 4.78 is 0. The molecular formula is C8H10ClN3. The lowest BCUT2D eigenvalue weighted by molar-refractivity contribution is 1.25. The van der Waals surface area contributed by atoms with Gasteiger partial charge in [0.1, 0.15) is 5.15 Å². The lowest BCUT2D eigenvalue weighted by Crippen LogP contribution is -1.95. The standard InChI is InChI=1S/C8H10ClN3/c9-8-4-3-6(11)7(12-8)2-1-5-10/h1-4H,5,10-11H2. The van der Waals surface area contributed by atoms with E-state index in [1.165, 1.54) is 0 Å². The first-order valence-corrected chi connectivity index (χ1v) is 3.90. The van der Waals surface area contributed by atoms with E-state index in [9.17, 15) is 0 Å². The minimum Gasteiger partial charge on any atom is -0.397 e. The van der Waals surface area contributed by atoms with Gasteiger partial charge in [-0.25, -0.2) is 4.98 Å². The number of hydrogen-bond acceptors (Lipinski definition) is 3. The Morgan fingerprint density at radius 1 is 1.50 bits per heavy atom. The average molecular weight is 184 g/mol. The van der Waals surface area contributed by atoms with Crippen LogP contribution in [0.3, 0.4) is 0 Å².